The standard InChI is InChI=1S/C29H26N4O3S/c34-21-8-9-23-19(14-21)4-3-7-25(23)31-28(36)26-17-37-29(32-26)18-10-12-33(13-11-18)27(35)15-20-16-30-24-6-2-1-5-22(20)24/h1-9,14,16-18,30,34H,10-13,15H2,(H,31,36). The number of phenolic OH excluding ortho intramolecular Hbond substituents is 1. The number of amides is 2. The predicted octanol–water partition coefficient (Wildman–Crippen LogP) is 5.68. The third-order valence-corrected chi connectivity index (χ3v) is 8.09. The molecule has 0 bridgehead atoms. The Balaban J connectivity index is 1.08. The Hall–Kier alpha value is -4.17. The molecule has 3 heterocycles. The zero-order valence-corrected chi connectivity index (χ0v) is 20.9. The van der Waals surface area contributed by atoms with E-state index >= 15 is 0 Å². The summed E-state index contributed by atoms with van der Waals surface area (Å²) in [4.78, 5) is 35.7. The van der Waals surface area contributed by atoms with E-state index in [0.29, 0.717) is 30.9 Å². The lowest BCUT2D eigenvalue weighted by molar-refractivity contribution is -0.131. The molecule has 3 aromatic carbocycles. The van der Waals surface area contributed by atoms with Gasteiger partial charge in [0.2, 0.25) is 5.91 Å². The van der Waals surface area contributed by atoms with Crippen LogP contribution in [0.2, 0.25) is 0 Å². The van der Waals surface area contributed by atoms with Crippen LogP contribution < -0.4 is 5.32 Å². The molecule has 8 heteroatoms. The van der Waals surface area contributed by atoms with Gasteiger partial charge in [0, 0.05) is 52.6 Å². The molecule has 2 amide bonds. The lowest BCUT2D eigenvalue weighted by Crippen LogP contribution is -2.38. The van der Waals surface area contributed by atoms with Crippen molar-refractivity contribution in [1.82, 2.24) is 14.9 Å². The summed E-state index contributed by atoms with van der Waals surface area (Å²) >= 11 is 1.50. The van der Waals surface area contributed by atoms with Gasteiger partial charge in [0.05, 0.1) is 11.4 Å². The zero-order chi connectivity index (χ0) is 25.4. The number of rotatable bonds is 5. The first-order valence-electron chi connectivity index (χ1n) is 12.4. The van der Waals surface area contributed by atoms with Crippen LogP contribution in [0, 0.1) is 0 Å². The Morgan fingerprint density at radius 2 is 1.89 bits per heavy atom. The van der Waals surface area contributed by atoms with Gasteiger partial charge in [-0.25, -0.2) is 4.98 Å². The minimum Gasteiger partial charge on any atom is -0.508 e. The van der Waals surface area contributed by atoms with Crippen LogP contribution in [0.25, 0.3) is 21.7 Å². The molecule has 1 aliphatic rings. The molecule has 1 fully saturated rings. The summed E-state index contributed by atoms with van der Waals surface area (Å²) in [6.45, 7) is 1.38. The van der Waals surface area contributed by atoms with Crippen LogP contribution in [0.15, 0.2) is 72.2 Å². The summed E-state index contributed by atoms with van der Waals surface area (Å²) in [7, 11) is 0. The van der Waals surface area contributed by atoms with E-state index < -0.39 is 0 Å². The molecular formula is C29H26N4O3S. The van der Waals surface area contributed by atoms with Gasteiger partial charge >= 0.3 is 0 Å². The van der Waals surface area contributed by atoms with E-state index in [4.69, 9.17) is 0 Å². The molecule has 0 atom stereocenters. The second-order valence-corrected chi connectivity index (χ2v) is 10.3. The van der Waals surface area contributed by atoms with Crippen LogP contribution >= 0.6 is 11.3 Å². The van der Waals surface area contributed by atoms with Gasteiger partial charge in [-0.05, 0) is 54.1 Å². The number of para-hydroxylation sites is 1. The van der Waals surface area contributed by atoms with Crippen molar-refractivity contribution in [1.29, 1.82) is 0 Å². The van der Waals surface area contributed by atoms with Crippen molar-refractivity contribution in [2.75, 3.05) is 18.4 Å². The maximum Gasteiger partial charge on any atom is 0.275 e. The quantitative estimate of drug-likeness (QED) is 0.283. The van der Waals surface area contributed by atoms with Gasteiger partial charge in [-0.15, -0.1) is 11.3 Å². The number of aromatic nitrogens is 2. The number of likely N-dealkylation sites (tertiary alicyclic amines) is 1. The fourth-order valence-corrected chi connectivity index (χ4v) is 6.05. The van der Waals surface area contributed by atoms with Crippen LogP contribution in [-0.2, 0) is 11.2 Å². The van der Waals surface area contributed by atoms with Gasteiger partial charge in [-0.2, -0.15) is 0 Å². The number of hydrogen-bond acceptors (Lipinski definition) is 5. The van der Waals surface area contributed by atoms with E-state index in [0.717, 1.165) is 45.1 Å². The number of fused-ring (bicyclic) bond motifs is 2. The fourth-order valence-electron chi connectivity index (χ4n) is 5.07. The Bertz CT molecular complexity index is 1610. The molecule has 7 nitrogen and oxygen atoms in total. The van der Waals surface area contributed by atoms with Crippen LogP contribution in [0.4, 0.5) is 5.69 Å². The normalized spacial score (nSPS) is 14.3. The molecule has 0 aliphatic carbocycles. The van der Waals surface area contributed by atoms with Crippen molar-refractivity contribution in [2.24, 2.45) is 0 Å². The van der Waals surface area contributed by atoms with Gasteiger partial charge in [0.1, 0.15) is 11.4 Å². The van der Waals surface area contributed by atoms with Gasteiger partial charge < -0.3 is 20.3 Å². The number of nitrogens with zero attached hydrogens (tertiary/aromatic N) is 2. The highest BCUT2D eigenvalue weighted by Crippen LogP contribution is 2.32. The number of benzene rings is 3. The maximum absolute atomic E-state index is 13.0. The summed E-state index contributed by atoms with van der Waals surface area (Å²) < 4.78 is 0. The van der Waals surface area contributed by atoms with E-state index in [1.54, 1.807) is 23.6 Å². The van der Waals surface area contributed by atoms with Crippen molar-refractivity contribution in [3.05, 3.63) is 88.5 Å². The monoisotopic (exact) mass is 510 g/mol. The first-order chi connectivity index (χ1) is 18.0. The molecule has 5 aromatic rings. The van der Waals surface area contributed by atoms with E-state index in [2.05, 4.69) is 15.3 Å². The average Bonchev–Trinajstić information content (AvgIpc) is 3.57. The van der Waals surface area contributed by atoms with E-state index in [-0.39, 0.29) is 23.5 Å². The summed E-state index contributed by atoms with van der Waals surface area (Å²) in [6.07, 6.45) is 3.99. The van der Waals surface area contributed by atoms with Gasteiger partial charge in [0.15, 0.2) is 0 Å². The van der Waals surface area contributed by atoms with Crippen molar-refractivity contribution in [3.63, 3.8) is 0 Å². The summed E-state index contributed by atoms with van der Waals surface area (Å²) in [5.74, 6) is 0.315. The minimum atomic E-state index is -0.255. The Kier molecular flexibility index (Phi) is 6.10. The van der Waals surface area contributed by atoms with Gasteiger partial charge in [-0.1, -0.05) is 30.3 Å². The molecule has 37 heavy (non-hydrogen) atoms. The number of phenols is 1. The molecule has 186 valence electrons. The number of nitrogens with one attached hydrogen (secondary N) is 2. The number of hydrogen-bond donors (Lipinski definition) is 3. The summed E-state index contributed by atoms with van der Waals surface area (Å²) in [5.41, 5.74) is 3.15. The topological polar surface area (TPSA) is 98.3 Å². The van der Waals surface area contributed by atoms with E-state index in [1.807, 2.05) is 53.6 Å². The predicted molar refractivity (Wildman–Crippen MR) is 146 cm³/mol. The number of piperidine rings is 1. The highest BCUT2D eigenvalue weighted by Gasteiger charge is 2.27. The largest absolute Gasteiger partial charge is 0.508 e. The van der Waals surface area contributed by atoms with Crippen molar-refractivity contribution in [2.45, 2.75) is 25.2 Å². The smallest absolute Gasteiger partial charge is 0.275 e. The molecule has 0 saturated carbocycles. The van der Waals surface area contributed by atoms with E-state index in [9.17, 15) is 14.7 Å². The fraction of sp³-hybridized carbons (Fsp3) is 0.207. The molecule has 6 rings (SSSR count). The van der Waals surface area contributed by atoms with Crippen molar-refractivity contribution < 1.29 is 14.7 Å². The average molecular weight is 511 g/mol. The van der Waals surface area contributed by atoms with Crippen LogP contribution in [0.5, 0.6) is 5.75 Å². The number of carbonyl (C=O) groups excluding carboxylic acids is 2. The van der Waals surface area contributed by atoms with Gasteiger partial charge in [0.25, 0.3) is 5.91 Å². The summed E-state index contributed by atoms with van der Waals surface area (Å²) in [6, 6.07) is 18.7. The van der Waals surface area contributed by atoms with Crippen LogP contribution in [0.3, 0.4) is 0 Å². The maximum atomic E-state index is 13.0. The number of aromatic amines is 1. The van der Waals surface area contributed by atoms with Crippen LogP contribution in [-0.4, -0.2) is 44.9 Å². The molecule has 2 aromatic heterocycles. The Morgan fingerprint density at radius 3 is 2.76 bits per heavy atom. The number of H-pyrrole nitrogens is 1. The van der Waals surface area contributed by atoms with Crippen molar-refractivity contribution >= 4 is 50.5 Å². The van der Waals surface area contributed by atoms with E-state index in [1.165, 1.54) is 11.3 Å². The Labute approximate surface area is 217 Å². The molecular weight excluding hydrogens is 484 g/mol. The molecule has 0 radical (unpaired) electrons. The number of anilines is 1. The molecule has 1 aliphatic heterocycles. The highest BCUT2D eigenvalue weighted by atomic mass is 32.1. The second-order valence-electron chi connectivity index (χ2n) is 9.43. The Morgan fingerprint density at radius 1 is 1.05 bits per heavy atom. The first kappa shape index (κ1) is 23.2. The molecule has 0 unspecified atom stereocenters. The number of carbonyl (C=O) groups is 2. The zero-order valence-electron chi connectivity index (χ0n) is 20.1. The first-order valence-corrected chi connectivity index (χ1v) is 13.2. The van der Waals surface area contributed by atoms with Gasteiger partial charge in [-0.3, -0.25) is 9.59 Å². The lowest BCUT2D eigenvalue weighted by Gasteiger charge is -2.31. The highest BCUT2D eigenvalue weighted by molar-refractivity contribution is 7.10. The summed E-state index contributed by atoms with van der Waals surface area (Å²) in [5, 5.41) is 18.2. The second kappa shape index (κ2) is 9.71. The molecule has 1 saturated heterocycles. The van der Waals surface area contributed by atoms with Crippen LogP contribution in [0.1, 0.15) is 39.8 Å². The third kappa shape index (κ3) is 4.68. The molecule has 0 spiro atoms. The number of aromatic hydroxyl groups is 1. The number of thiazole rings is 1. The third-order valence-electron chi connectivity index (χ3n) is 7.08. The minimum absolute atomic E-state index is 0.144. The van der Waals surface area contributed by atoms with Crippen molar-refractivity contribution in [3.8, 4) is 5.75 Å². The molecule has 3 N–H and O–H groups in total. The lowest BCUT2D eigenvalue weighted by atomic mass is 9.97. The SMILES string of the molecule is O=C(Nc1cccc2cc(O)ccc12)c1csc(C2CCN(C(=O)Cc3c[nH]c4ccccc34)CC2)n1.